The van der Waals surface area contributed by atoms with Crippen molar-refractivity contribution in [3.63, 3.8) is 0 Å². The highest BCUT2D eigenvalue weighted by Gasteiger charge is 2.20. The molecular weight excluding hydrogens is 336 g/mol. The van der Waals surface area contributed by atoms with Gasteiger partial charge in [-0.3, -0.25) is 4.79 Å². The number of amides is 1. The summed E-state index contributed by atoms with van der Waals surface area (Å²) in [5.74, 6) is 1.21. The summed E-state index contributed by atoms with van der Waals surface area (Å²) < 4.78 is 11.5. The molecule has 1 aliphatic rings. The minimum atomic E-state index is -0.319. The third-order valence-corrected chi connectivity index (χ3v) is 4.35. The van der Waals surface area contributed by atoms with Gasteiger partial charge in [-0.1, -0.05) is 36.4 Å². The number of amidine groups is 1. The molecule has 0 unspecified atom stereocenters. The number of hydrogen-bond acceptors (Lipinski definition) is 5. The summed E-state index contributed by atoms with van der Waals surface area (Å²) in [5.41, 5.74) is 7.47. The Hall–Kier alpha value is -2.73. The van der Waals surface area contributed by atoms with Crippen LogP contribution in [0.4, 0.5) is 0 Å². The first kappa shape index (κ1) is 17.1. The number of rotatable bonds is 6. The molecule has 2 N–H and O–H groups in total. The zero-order valence-electron chi connectivity index (χ0n) is 13.8. The lowest BCUT2D eigenvalue weighted by molar-refractivity contribution is -0.113. The number of hydrogen-bond donors (Lipinski definition) is 1. The van der Waals surface area contributed by atoms with Crippen molar-refractivity contribution in [2.45, 2.75) is 6.92 Å². The fraction of sp³-hybridized carbons (Fsp3) is 0.158. The Morgan fingerprint density at radius 3 is 2.36 bits per heavy atom. The number of thioether (sulfide) groups is 1. The van der Waals surface area contributed by atoms with E-state index in [0.29, 0.717) is 23.9 Å². The van der Waals surface area contributed by atoms with E-state index in [1.165, 1.54) is 0 Å². The second-order valence-corrected chi connectivity index (χ2v) is 6.43. The first-order valence-corrected chi connectivity index (χ1v) is 8.63. The van der Waals surface area contributed by atoms with Gasteiger partial charge in [0.15, 0.2) is 5.17 Å². The molecule has 1 amide bonds. The largest absolute Gasteiger partial charge is 0.490 e. The lowest BCUT2D eigenvalue weighted by atomic mass is 10.2. The Labute approximate surface area is 150 Å². The Bertz CT molecular complexity index is 846. The highest BCUT2D eigenvalue weighted by atomic mass is 32.2. The van der Waals surface area contributed by atoms with Gasteiger partial charge < -0.3 is 15.2 Å². The lowest BCUT2D eigenvalue weighted by Gasteiger charge is -2.11. The second-order valence-electron chi connectivity index (χ2n) is 5.37. The van der Waals surface area contributed by atoms with Gasteiger partial charge in [-0.2, -0.15) is 4.99 Å². The highest BCUT2D eigenvalue weighted by molar-refractivity contribution is 8.18. The van der Waals surface area contributed by atoms with Gasteiger partial charge in [-0.05, 0) is 42.5 Å². The third kappa shape index (κ3) is 4.42. The van der Waals surface area contributed by atoms with Crippen molar-refractivity contribution in [3.8, 4) is 11.5 Å². The summed E-state index contributed by atoms with van der Waals surface area (Å²) in [5, 5.41) is 0.265. The molecule has 0 aromatic heterocycles. The van der Waals surface area contributed by atoms with Crippen LogP contribution in [0.3, 0.4) is 0 Å². The first-order valence-electron chi connectivity index (χ1n) is 7.82. The quantitative estimate of drug-likeness (QED) is 0.636. The van der Waals surface area contributed by atoms with E-state index in [1.54, 1.807) is 6.08 Å². The molecule has 1 aliphatic heterocycles. The van der Waals surface area contributed by atoms with Gasteiger partial charge in [0.1, 0.15) is 24.7 Å². The number of nitrogens with two attached hydrogens (primary N) is 1. The van der Waals surface area contributed by atoms with Crippen molar-refractivity contribution in [1.29, 1.82) is 0 Å². The second kappa shape index (κ2) is 7.90. The highest BCUT2D eigenvalue weighted by Crippen LogP contribution is 2.29. The summed E-state index contributed by atoms with van der Waals surface area (Å²) in [4.78, 5) is 15.9. The van der Waals surface area contributed by atoms with E-state index in [0.717, 1.165) is 28.6 Å². The molecule has 6 heteroatoms. The fourth-order valence-corrected chi connectivity index (χ4v) is 2.99. The van der Waals surface area contributed by atoms with Crippen LogP contribution in [0.1, 0.15) is 11.1 Å². The Morgan fingerprint density at radius 1 is 1.04 bits per heavy atom. The van der Waals surface area contributed by atoms with E-state index in [1.807, 2.05) is 55.5 Å². The van der Waals surface area contributed by atoms with Gasteiger partial charge in [0.2, 0.25) is 0 Å². The van der Waals surface area contributed by atoms with Crippen LogP contribution in [0.5, 0.6) is 11.5 Å². The standard InChI is InChI=1S/C19H18N2O3S/c1-13-6-2-4-8-15(13)23-10-11-24-16-9-5-3-7-14(16)12-17-18(22)21-19(20)25-17/h2-9,12H,10-11H2,1H3,(H2,20,21,22)/b17-12+. The predicted octanol–water partition coefficient (Wildman–Crippen LogP) is 3.38. The number of carbonyl (C=O) groups excluding carboxylic acids is 1. The maximum Gasteiger partial charge on any atom is 0.286 e. The van der Waals surface area contributed by atoms with Gasteiger partial charge in [-0.25, -0.2) is 0 Å². The van der Waals surface area contributed by atoms with E-state index in [2.05, 4.69) is 4.99 Å². The molecule has 5 nitrogen and oxygen atoms in total. The van der Waals surface area contributed by atoms with E-state index in [4.69, 9.17) is 15.2 Å². The molecule has 3 rings (SSSR count). The molecule has 0 bridgehead atoms. The van der Waals surface area contributed by atoms with Crippen LogP contribution in [0.15, 0.2) is 58.4 Å². The van der Waals surface area contributed by atoms with Crippen molar-refractivity contribution in [3.05, 3.63) is 64.6 Å². The normalized spacial score (nSPS) is 15.3. The molecule has 0 radical (unpaired) electrons. The molecule has 0 saturated carbocycles. The van der Waals surface area contributed by atoms with Crippen molar-refractivity contribution >= 4 is 28.9 Å². The van der Waals surface area contributed by atoms with Gasteiger partial charge >= 0.3 is 0 Å². The van der Waals surface area contributed by atoms with Gasteiger partial charge in [-0.15, -0.1) is 0 Å². The minimum Gasteiger partial charge on any atom is -0.490 e. The van der Waals surface area contributed by atoms with Crippen LogP contribution in [-0.4, -0.2) is 24.3 Å². The average Bonchev–Trinajstić information content (AvgIpc) is 2.92. The van der Waals surface area contributed by atoms with Crippen LogP contribution < -0.4 is 15.2 Å². The van der Waals surface area contributed by atoms with E-state index < -0.39 is 0 Å². The summed E-state index contributed by atoms with van der Waals surface area (Å²) in [6, 6.07) is 15.4. The molecule has 0 fully saturated rings. The molecule has 0 spiro atoms. The van der Waals surface area contributed by atoms with Crippen LogP contribution in [0.2, 0.25) is 0 Å². The topological polar surface area (TPSA) is 73.9 Å². The molecule has 2 aromatic rings. The minimum absolute atomic E-state index is 0.265. The number of benzene rings is 2. The zero-order chi connectivity index (χ0) is 17.6. The van der Waals surface area contributed by atoms with Crippen molar-refractivity contribution < 1.29 is 14.3 Å². The SMILES string of the molecule is Cc1ccccc1OCCOc1ccccc1/C=C1/SC(N)=NC1=O. The van der Waals surface area contributed by atoms with Crippen molar-refractivity contribution in [2.24, 2.45) is 10.7 Å². The molecule has 0 atom stereocenters. The summed E-state index contributed by atoms with van der Waals surface area (Å²) in [6.45, 7) is 2.83. The number of nitrogens with zero attached hydrogens (tertiary/aromatic N) is 1. The first-order chi connectivity index (χ1) is 12.1. The number of ether oxygens (including phenoxy) is 2. The monoisotopic (exact) mass is 354 g/mol. The van der Waals surface area contributed by atoms with Crippen LogP contribution in [0.25, 0.3) is 6.08 Å². The molecular formula is C19H18N2O3S. The number of aliphatic imine (C=N–C) groups is 1. The smallest absolute Gasteiger partial charge is 0.286 e. The van der Waals surface area contributed by atoms with Gasteiger partial charge in [0.05, 0.1) is 4.91 Å². The fourth-order valence-electron chi connectivity index (χ4n) is 2.32. The molecule has 1 heterocycles. The Morgan fingerprint density at radius 2 is 1.68 bits per heavy atom. The maximum absolute atomic E-state index is 11.7. The molecule has 0 aliphatic carbocycles. The average molecular weight is 354 g/mol. The van der Waals surface area contributed by atoms with Crippen LogP contribution >= 0.6 is 11.8 Å². The number of carbonyl (C=O) groups is 1. The predicted molar refractivity (Wildman–Crippen MR) is 101 cm³/mol. The van der Waals surface area contributed by atoms with E-state index in [-0.39, 0.29) is 11.1 Å². The summed E-state index contributed by atoms with van der Waals surface area (Å²) in [6.07, 6.45) is 1.74. The zero-order valence-corrected chi connectivity index (χ0v) is 14.6. The molecule has 0 saturated heterocycles. The third-order valence-electron chi connectivity index (χ3n) is 3.53. The van der Waals surface area contributed by atoms with Gasteiger partial charge in [0, 0.05) is 5.56 Å². The van der Waals surface area contributed by atoms with E-state index in [9.17, 15) is 4.79 Å². The van der Waals surface area contributed by atoms with Crippen LogP contribution in [0, 0.1) is 6.92 Å². The Balaban J connectivity index is 1.61. The summed E-state index contributed by atoms with van der Waals surface area (Å²) in [7, 11) is 0. The molecule has 128 valence electrons. The molecule has 25 heavy (non-hydrogen) atoms. The van der Waals surface area contributed by atoms with Crippen LogP contribution in [-0.2, 0) is 4.79 Å². The summed E-state index contributed by atoms with van der Waals surface area (Å²) >= 11 is 1.16. The van der Waals surface area contributed by atoms with Gasteiger partial charge in [0.25, 0.3) is 5.91 Å². The van der Waals surface area contributed by atoms with Crippen molar-refractivity contribution in [2.75, 3.05) is 13.2 Å². The Kier molecular flexibility index (Phi) is 5.40. The lowest BCUT2D eigenvalue weighted by Crippen LogP contribution is -2.10. The molecule has 2 aromatic carbocycles. The number of aryl methyl sites for hydroxylation is 1. The number of para-hydroxylation sites is 2. The van der Waals surface area contributed by atoms with E-state index >= 15 is 0 Å². The van der Waals surface area contributed by atoms with Crippen molar-refractivity contribution in [1.82, 2.24) is 0 Å². The maximum atomic E-state index is 11.7.